The quantitative estimate of drug-likeness (QED) is 0.836. The van der Waals surface area contributed by atoms with Crippen molar-refractivity contribution in [2.45, 2.75) is 31.5 Å². The summed E-state index contributed by atoms with van der Waals surface area (Å²) in [5.74, 6) is 0.970. The molecule has 0 bridgehead atoms. The van der Waals surface area contributed by atoms with Crippen molar-refractivity contribution in [2.24, 2.45) is 11.8 Å². The zero-order chi connectivity index (χ0) is 17.4. The highest BCUT2D eigenvalue weighted by Gasteiger charge is 2.43. The first-order chi connectivity index (χ1) is 12.0. The smallest absolute Gasteiger partial charge is 0.297 e. The fourth-order valence-electron chi connectivity index (χ4n) is 4.54. The summed E-state index contributed by atoms with van der Waals surface area (Å²) in [7, 11) is 0. The van der Waals surface area contributed by atoms with Gasteiger partial charge in [0.15, 0.2) is 0 Å². The van der Waals surface area contributed by atoms with Gasteiger partial charge in [-0.3, -0.25) is 4.90 Å². The van der Waals surface area contributed by atoms with E-state index in [2.05, 4.69) is 15.1 Å². The first-order valence-corrected chi connectivity index (χ1v) is 8.66. The van der Waals surface area contributed by atoms with Gasteiger partial charge in [0.2, 0.25) is 0 Å². The van der Waals surface area contributed by atoms with Crippen LogP contribution in [0.15, 0.2) is 42.6 Å². The van der Waals surface area contributed by atoms with Crippen LogP contribution in [0.5, 0.6) is 0 Å². The minimum Gasteiger partial charge on any atom is -0.297 e. The van der Waals surface area contributed by atoms with Gasteiger partial charge in [-0.1, -0.05) is 18.2 Å². The van der Waals surface area contributed by atoms with Crippen LogP contribution in [0.3, 0.4) is 0 Å². The average molecular weight is 347 g/mol. The summed E-state index contributed by atoms with van der Waals surface area (Å²) in [4.78, 5) is 2.35. The van der Waals surface area contributed by atoms with Crippen LogP contribution in [0.4, 0.5) is 13.2 Å². The van der Waals surface area contributed by atoms with Crippen LogP contribution in [0.1, 0.15) is 35.6 Å². The zero-order valence-corrected chi connectivity index (χ0v) is 13.8. The van der Waals surface area contributed by atoms with E-state index >= 15 is 0 Å². The minimum atomic E-state index is -4.27. The number of aromatic nitrogens is 2. The van der Waals surface area contributed by atoms with Gasteiger partial charge in [0.05, 0.1) is 11.3 Å². The summed E-state index contributed by atoms with van der Waals surface area (Å²) >= 11 is 0. The van der Waals surface area contributed by atoms with Crippen molar-refractivity contribution in [3.8, 4) is 0 Å². The van der Waals surface area contributed by atoms with Gasteiger partial charge in [0.1, 0.15) is 0 Å². The Morgan fingerprint density at radius 2 is 1.72 bits per heavy atom. The van der Waals surface area contributed by atoms with E-state index in [0.717, 1.165) is 38.2 Å². The van der Waals surface area contributed by atoms with Gasteiger partial charge in [-0.25, -0.2) is 0 Å². The molecule has 4 rings (SSSR count). The van der Waals surface area contributed by atoms with Gasteiger partial charge < -0.3 is 0 Å². The predicted molar refractivity (Wildman–Crippen MR) is 87.7 cm³/mol. The zero-order valence-electron chi connectivity index (χ0n) is 13.8. The van der Waals surface area contributed by atoms with Crippen molar-refractivity contribution in [1.29, 1.82) is 0 Å². The fourth-order valence-corrected chi connectivity index (χ4v) is 4.54. The van der Waals surface area contributed by atoms with E-state index in [-0.39, 0.29) is 5.92 Å². The van der Waals surface area contributed by atoms with E-state index in [1.807, 2.05) is 12.1 Å². The van der Waals surface area contributed by atoms with E-state index in [0.29, 0.717) is 17.4 Å². The molecule has 0 radical (unpaired) electrons. The van der Waals surface area contributed by atoms with Gasteiger partial charge in [0, 0.05) is 25.8 Å². The lowest BCUT2D eigenvalue weighted by Gasteiger charge is -2.21. The summed E-state index contributed by atoms with van der Waals surface area (Å²) < 4.78 is 39.8. The van der Waals surface area contributed by atoms with E-state index in [1.54, 1.807) is 18.3 Å². The lowest BCUT2D eigenvalue weighted by molar-refractivity contribution is -0.138. The summed E-state index contributed by atoms with van der Waals surface area (Å²) in [5, 5.41) is 8.02. The van der Waals surface area contributed by atoms with E-state index in [1.165, 1.54) is 12.1 Å². The number of hydrogen-bond donors (Lipinski definition) is 0. The van der Waals surface area contributed by atoms with Gasteiger partial charge in [-0.2, -0.15) is 23.4 Å². The van der Waals surface area contributed by atoms with Crippen molar-refractivity contribution < 1.29 is 13.2 Å². The molecule has 1 saturated heterocycles. The van der Waals surface area contributed by atoms with Crippen molar-refractivity contribution in [1.82, 2.24) is 15.1 Å². The lowest BCUT2D eigenvalue weighted by Crippen LogP contribution is -2.22. The number of nitrogens with zero attached hydrogens (tertiary/aromatic N) is 3. The predicted octanol–water partition coefficient (Wildman–Crippen LogP) is 4.12. The summed E-state index contributed by atoms with van der Waals surface area (Å²) in [6.07, 6.45) is -0.930. The number of benzene rings is 1. The summed E-state index contributed by atoms with van der Waals surface area (Å²) in [6, 6.07) is 9.91. The normalized spacial score (nSPS) is 26.8. The number of halogens is 3. The van der Waals surface area contributed by atoms with Crippen LogP contribution in [0.25, 0.3) is 0 Å². The maximum Gasteiger partial charge on any atom is 0.416 e. The van der Waals surface area contributed by atoms with Crippen LogP contribution < -0.4 is 0 Å². The molecule has 0 unspecified atom stereocenters. The van der Waals surface area contributed by atoms with Crippen molar-refractivity contribution >= 4 is 0 Å². The number of alkyl halides is 3. The second kappa shape index (κ2) is 6.41. The summed E-state index contributed by atoms with van der Waals surface area (Å²) in [6.45, 7) is 2.64. The van der Waals surface area contributed by atoms with Crippen LogP contribution in [-0.4, -0.2) is 28.2 Å². The Balaban J connectivity index is 1.43. The Kier molecular flexibility index (Phi) is 4.23. The molecule has 1 aliphatic heterocycles. The van der Waals surface area contributed by atoms with Crippen molar-refractivity contribution in [3.05, 3.63) is 59.4 Å². The molecule has 1 aromatic carbocycles. The topological polar surface area (TPSA) is 29.0 Å². The number of fused-ring (bicyclic) bond motifs is 1. The molecule has 3 atom stereocenters. The van der Waals surface area contributed by atoms with E-state index in [9.17, 15) is 13.2 Å². The fraction of sp³-hybridized carbons (Fsp3) is 0.474. The van der Waals surface area contributed by atoms with Gasteiger partial charge in [0.25, 0.3) is 0 Å². The Labute approximate surface area is 144 Å². The Morgan fingerprint density at radius 1 is 1.00 bits per heavy atom. The molecule has 6 heteroatoms. The SMILES string of the molecule is FC(F)(F)c1ccccc1[C@@H]1C[C@@H]2CN(Cc3cccnn3)C[C@@H]2C1. The molecule has 0 N–H and O–H groups in total. The highest BCUT2D eigenvalue weighted by molar-refractivity contribution is 5.34. The molecule has 3 nitrogen and oxygen atoms in total. The average Bonchev–Trinajstić information content (AvgIpc) is 3.13. The molecule has 2 aliphatic rings. The van der Waals surface area contributed by atoms with Crippen LogP contribution in [-0.2, 0) is 12.7 Å². The molecule has 0 spiro atoms. The van der Waals surface area contributed by atoms with Crippen LogP contribution in [0, 0.1) is 11.8 Å². The van der Waals surface area contributed by atoms with Crippen LogP contribution >= 0.6 is 0 Å². The molecule has 1 aromatic heterocycles. The highest BCUT2D eigenvalue weighted by atomic mass is 19.4. The molecular formula is C19H20F3N3. The Hall–Kier alpha value is -1.95. The molecule has 0 amide bonds. The molecule has 25 heavy (non-hydrogen) atoms. The lowest BCUT2D eigenvalue weighted by atomic mass is 9.91. The van der Waals surface area contributed by atoms with Crippen molar-refractivity contribution in [2.75, 3.05) is 13.1 Å². The minimum absolute atomic E-state index is 0.0199. The third-order valence-electron chi connectivity index (χ3n) is 5.55. The molecule has 1 aliphatic carbocycles. The van der Waals surface area contributed by atoms with Gasteiger partial charge in [-0.05, 0) is 54.4 Å². The molecule has 2 aromatic rings. The van der Waals surface area contributed by atoms with Gasteiger partial charge in [-0.15, -0.1) is 0 Å². The third kappa shape index (κ3) is 3.40. The second-order valence-electron chi connectivity index (χ2n) is 7.18. The van der Waals surface area contributed by atoms with E-state index in [4.69, 9.17) is 0 Å². The Morgan fingerprint density at radius 3 is 2.36 bits per heavy atom. The first-order valence-electron chi connectivity index (χ1n) is 8.66. The molecule has 2 fully saturated rings. The number of hydrogen-bond acceptors (Lipinski definition) is 3. The maximum absolute atomic E-state index is 13.3. The summed E-state index contributed by atoms with van der Waals surface area (Å²) in [5.41, 5.74) is 0.961. The van der Waals surface area contributed by atoms with E-state index < -0.39 is 11.7 Å². The highest BCUT2D eigenvalue weighted by Crippen LogP contribution is 2.48. The third-order valence-corrected chi connectivity index (χ3v) is 5.55. The van der Waals surface area contributed by atoms with Crippen molar-refractivity contribution in [3.63, 3.8) is 0 Å². The largest absolute Gasteiger partial charge is 0.416 e. The van der Waals surface area contributed by atoms with Crippen LogP contribution in [0.2, 0.25) is 0 Å². The molecule has 2 heterocycles. The molecular weight excluding hydrogens is 327 g/mol. The van der Waals surface area contributed by atoms with Gasteiger partial charge >= 0.3 is 6.18 Å². The Bertz CT molecular complexity index is 718. The number of rotatable bonds is 3. The molecule has 1 saturated carbocycles. The maximum atomic E-state index is 13.3. The standard InChI is InChI=1S/C19H20F3N3/c20-19(21,22)18-6-2-1-5-17(18)13-8-14-10-25(11-15(14)9-13)12-16-4-3-7-23-24-16/h1-7,13-15H,8-12H2/t13-,14-,15+. The number of likely N-dealkylation sites (tertiary alicyclic amines) is 1. The first kappa shape index (κ1) is 16.5. The second-order valence-corrected chi connectivity index (χ2v) is 7.18. The monoisotopic (exact) mass is 347 g/mol. The molecule has 132 valence electrons.